The molecule has 0 spiro atoms. The van der Waals surface area contributed by atoms with Crippen molar-refractivity contribution >= 4 is 23.5 Å². The summed E-state index contributed by atoms with van der Waals surface area (Å²) in [5, 5.41) is 16.6. The van der Waals surface area contributed by atoms with Crippen molar-refractivity contribution in [3.05, 3.63) is 46.7 Å². The zero-order valence-electron chi connectivity index (χ0n) is 13.6. The molecule has 2 rings (SSSR count). The van der Waals surface area contributed by atoms with Gasteiger partial charge >= 0.3 is 5.97 Å². The third-order valence-corrected chi connectivity index (χ3v) is 4.04. The quantitative estimate of drug-likeness (QED) is 0.804. The van der Waals surface area contributed by atoms with Crippen molar-refractivity contribution in [2.75, 3.05) is 6.54 Å². The average Bonchev–Trinajstić information content (AvgIpc) is 2.92. The number of carboxylic acid groups (broad SMARTS) is 1. The number of carbonyl (C=O) groups is 2. The molecule has 0 aliphatic carbocycles. The van der Waals surface area contributed by atoms with Crippen LogP contribution >= 0.6 is 11.6 Å². The first kappa shape index (κ1) is 18.0. The average molecular weight is 350 g/mol. The molecule has 0 radical (unpaired) electrons. The minimum Gasteiger partial charge on any atom is -0.481 e. The van der Waals surface area contributed by atoms with Gasteiger partial charge in [-0.25, -0.2) is 4.68 Å². The zero-order valence-corrected chi connectivity index (χ0v) is 14.4. The van der Waals surface area contributed by atoms with Crippen LogP contribution in [0.5, 0.6) is 0 Å². The maximum Gasteiger partial charge on any atom is 0.308 e. The molecule has 1 amide bonds. The molecule has 1 atom stereocenters. The molecule has 2 aromatic rings. The Balaban J connectivity index is 2.12. The topological polar surface area (TPSA) is 84.2 Å². The third-order valence-electron chi connectivity index (χ3n) is 3.80. The number of hydrogen-bond acceptors (Lipinski definition) is 3. The summed E-state index contributed by atoms with van der Waals surface area (Å²) >= 11 is 5.98. The van der Waals surface area contributed by atoms with Crippen LogP contribution in [0, 0.1) is 12.8 Å². The van der Waals surface area contributed by atoms with Crippen molar-refractivity contribution in [3.63, 3.8) is 0 Å². The predicted octanol–water partition coefficient (Wildman–Crippen LogP) is 3.06. The van der Waals surface area contributed by atoms with E-state index in [0.717, 1.165) is 12.1 Å². The van der Waals surface area contributed by atoms with E-state index in [1.54, 1.807) is 29.8 Å². The van der Waals surface area contributed by atoms with E-state index in [2.05, 4.69) is 10.4 Å². The summed E-state index contributed by atoms with van der Waals surface area (Å²) in [5.41, 5.74) is 1.83. The van der Waals surface area contributed by atoms with Crippen molar-refractivity contribution in [3.8, 4) is 5.69 Å². The number of aromatic nitrogens is 2. The third kappa shape index (κ3) is 4.14. The fourth-order valence-electron chi connectivity index (χ4n) is 2.47. The number of carboxylic acids is 1. The SMILES string of the molecule is CCCC(CNC(=O)c1cnn(-c2cccc(Cl)c2)c1C)C(=O)O. The van der Waals surface area contributed by atoms with Gasteiger partial charge in [-0.3, -0.25) is 9.59 Å². The second kappa shape index (κ2) is 7.97. The highest BCUT2D eigenvalue weighted by molar-refractivity contribution is 6.30. The van der Waals surface area contributed by atoms with Crippen molar-refractivity contribution in [1.82, 2.24) is 15.1 Å². The van der Waals surface area contributed by atoms with Crippen LogP contribution in [0.3, 0.4) is 0 Å². The number of aliphatic carboxylic acids is 1. The summed E-state index contributed by atoms with van der Waals surface area (Å²) in [6, 6.07) is 7.16. The Hall–Kier alpha value is -2.34. The first-order chi connectivity index (χ1) is 11.4. The predicted molar refractivity (Wildman–Crippen MR) is 91.7 cm³/mol. The highest BCUT2D eigenvalue weighted by Gasteiger charge is 2.20. The van der Waals surface area contributed by atoms with E-state index in [1.165, 1.54) is 6.20 Å². The molecular weight excluding hydrogens is 330 g/mol. The highest BCUT2D eigenvalue weighted by atomic mass is 35.5. The maximum absolute atomic E-state index is 12.3. The first-order valence-corrected chi connectivity index (χ1v) is 8.13. The van der Waals surface area contributed by atoms with E-state index in [4.69, 9.17) is 16.7 Å². The number of nitrogens with zero attached hydrogens (tertiary/aromatic N) is 2. The van der Waals surface area contributed by atoms with E-state index < -0.39 is 11.9 Å². The largest absolute Gasteiger partial charge is 0.481 e. The fraction of sp³-hybridized carbons (Fsp3) is 0.353. The maximum atomic E-state index is 12.3. The Bertz CT molecular complexity index is 742. The van der Waals surface area contributed by atoms with Gasteiger partial charge in [0.2, 0.25) is 0 Å². The molecule has 0 fully saturated rings. The Morgan fingerprint density at radius 2 is 2.17 bits per heavy atom. The summed E-state index contributed by atoms with van der Waals surface area (Å²) in [4.78, 5) is 23.5. The van der Waals surface area contributed by atoms with Gasteiger partial charge in [-0.05, 0) is 31.5 Å². The van der Waals surface area contributed by atoms with Crippen LogP contribution in [0.15, 0.2) is 30.5 Å². The Labute approximate surface area is 145 Å². The van der Waals surface area contributed by atoms with Crippen LogP contribution in [0.4, 0.5) is 0 Å². The van der Waals surface area contributed by atoms with Crippen molar-refractivity contribution in [2.45, 2.75) is 26.7 Å². The number of rotatable bonds is 7. The molecule has 24 heavy (non-hydrogen) atoms. The van der Waals surface area contributed by atoms with E-state index in [1.807, 2.05) is 13.0 Å². The molecule has 0 aliphatic heterocycles. The van der Waals surface area contributed by atoms with Crippen LogP contribution in [0.2, 0.25) is 5.02 Å². The van der Waals surface area contributed by atoms with Gasteiger partial charge in [0.15, 0.2) is 0 Å². The second-order valence-corrected chi connectivity index (χ2v) is 6.01. The van der Waals surface area contributed by atoms with Gasteiger partial charge in [0.25, 0.3) is 5.91 Å². The molecule has 6 nitrogen and oxygen atoms in total. The first-order valence-electron chi connectivity index (χ1n) is 7.75. The van der Waals surface area contributed by atoms with E-state index >= 15 is 0 Å². The van der Waals surface area contributed by atoms with Gasteiger partial charge in [0, 0.05) is 11.6 Å². The van der Waals surface area contributed by atoms with Gasteiger partial charge in [0.05, 0.1) is 29.1 Å². The van der Waals surface area contributed by atoms with Crippen LogP contribution in [0.1, 0.15) is 35.8 Å². The number of halogens is 1. The van der Waals surface area contributed by atoms with Gasteiger partial charge in [0.1, 0.15) is 0 Å². The van der Waals surface area contributed by atoms with E-state index in [0.29, 0.717) is 22.7 Å². The number of benzene rings is 1. The molecule has 1 unspecified atom stereocenters. The van der Waals surface area contributed by atoms with Crippen LogP contribution in [0.25, 0.3) is 5.69 Å². The zero-order chi connectivity index (χ0) is 17.7. The smallest absolute Gasteiger partial charge is 0.308 e. The van der Waals surface area contributed by atoms with Crippen molar-refractivity contribution in [1.29, 1.82) is 0 Å². The molecule has 2 N–H and O–H groups in total. The fourth-order valence-corrected chi connectivity index (χ4v) is 2.66. The number of nitrogens with one attached hydrogen (secondary N) is 1. The molecule has 0 saturated heterocycles. The molecule has 128 valence electrons. The van der Waals surface area contributed by atoms with Gasteiger partial charge in [-0.15, -0.1) is 0 Å². The molecular formula is C17H20ClN3O3. The van der Waals surface area contributed by atoms with Gasteiger partial charge in [-0.2, -0.15) is 5.10 Å². The molecule has 1 aromatic carbocycles. The summed E-state index contributed by atoms with van der Waals surface area (Å²) in [6.07, 6.45) is 2.75. The molecule has 0 bridgehead atoms. The summed E-state index contributed by atoms with van der Waals surface area (Å²) < 4.78 is 1.63. The van der Waals surface area contributed by atoms with Gasteiger partial charge in [-0.1, -0.05) is 31.0 Å². The lowest BCUT2D eigenvalue weighted by Crippen LogP contribution is -2.33. The molecule has 1 heterocycles. The van der Waals surface area contributed by atoms with E-state index in [-0.39, 0.29) is 12.5 Å². The lowest BCUT2D eigenvalue weighted by molar-refractivity contribution is -0.141. The molecule has 1 aromatic heterocycles. The summed E-state index contributed by atoms with van der Waals surface area (Å²) in [7, 11) is 0. The van der Waals surface area contributed by atoms with Crippen molar-refractivity contribution < 1.29 is 14.7 Å². The Kier molecular flexibility index (Phi) is 5.98. The molecule has 0 saturated carbocycles. The van der Waals surface area contributed by atoms with Crippen LogP contribution < -0.4 is 5.32 Å². The van der Waals surface area contributed by atoms with E-state index in [9.17, 15) is 9.59 Å². The Morgan fingerprint density at radius 3 is 2.79 bits per heavy atom. The number of hydrogen-bond donors (Lipinski definition) is 2. The van der Waals surface area contributed by atoms with Gasteiger partial charge < -0.3 is 10.4 Å². The molecule has 7 heteroatoms. The summed E-state index contributed by atoms with van der Waals surface area (Å²) in [6.45, 7) is 3.80. The normalized spacial score (nSPS) is 12.0. The van der Waals surface area contributed by atoms with Crippen LogP contribution in [-0.4, -0.2) is 33.3 Å². The summed E-state index contributed by atoms with van der Waals surface area (Å²) in [5.74, 6) is -1.81. The highest BCUT2D eigenvalue weighted by Crippen LogP contribution is 2.18. The lowest BCUT2D eigenvalue weighted by atomic mass is 10.0. The lowest BCUT2D eigenvalue weighted by Gasteiger charge is -2.12. The standard InChI is InChI=1S/C17H20ClN3O3/c1-3-5-12(17(23)24)9-19-16(22)15-10-20-21(11(15)2)14-7-4-6-13(18)8-14/h4,6-8,10,12H,3,5,9H2,1-2H3,(H,19,22)(H,23,24). The minimum atomic E-state index is -0.900. The molecule has 0 aliphatic rings. The van der Waals surface area contributed by atoms with Crippen LogP contribution in [-0.2, 0) is 4.79 Å². The van der Waals surface area contributed by atoms with Crippen molar-refractivity contribution in [2.24, 2.45) is 5.92 Å². The second-order valence-electron chi connectivity index (χ2n) is 5.57. The number of amides is 1. The minimum absolute atomic E-state index is 0.101. The monoisotopic (exact) mass is 349 g/mol. The number of carbonyl (C=O) groups excluding carboxylic acids is 1. The Morgan fingerprint density at radius 1 is 1.42 bits per heavy atom.